The van der Waals surface area contributed by atoms with Crippen LogP contribution in [0.1, 0.15) is 75.3 Å². The number of carbonyl (C=O) groups excluding carboxylic acids is 6. The highest BCUT2D eigenvalue weighted by molar-refractivity contribution is 6.00. The number of hydrogen-bond acceptors (Lipinski definition) is 13. The minimum absolute atomic E-state index is 0.104. The van der Waals surface area contributed by atoms with E-state index in [9.17, 15) is 59.9 Å². The first kappa shape index (κ1) is 46.4. The molecular weight excluding hydrogens is 792 g/mol. The number of rotatable bonds is 18. The number of aromatic amines is 1. The van der Waals surface area contributed by atoms with E-state index in [0.717, 1.165) is 37.6 Å². The molecule has 0 radical (unpaired) electrons. The van der Waals surface area contributed by atoms with Crippen LogP contribution in [0.2, 0.25) is 0 Å². The highest BCUT2D eigenvalue weighted by Gasteiger charge is 2.43. The summed E-state index contributed by atoms with van der Waals surface area (Å²) in [6.45, 7) is 4.86. The number of H-pyrrole nitrogens is 1. The smallest absolute Gasteiger partial charge is 0.467 e. The normalized spacial score (nSPS) is 12.4. The summed E-state index contributed by atoms with van der Waals surface area (Å²) >= 11 is 0. The number of halogens is 6. The van der Waals surface area contributed by atoms with Gasteiger partial charge in [0, 0.05) is 43.7 Å². The second kappa shape index (κ2) is 19.9. The molecule has 58 heavy (non-hydrogen) atoms. The third-order valence-electron chi connectivity index (χ3n) is 7.54. The van der Waals surface area contributed by atoms with Gasteiger partial charge >= 0.3 is 36.1 Å². The van der Waals surface area contributed by atoms with E-state index in [2.05, 4.69) is 20.3 Å². The maximum Gasteiger partial charge on any atom is 0.471 e. The fraction of sp³-hybridized carbons (Fsp3) is 0.486. The number of Topliss-reactive ketones (excluding diaryl/α,β-unsaturated/α-hetero) is 1. The van der Waals surface area contributed by atoms with E-state index < -0.39 is 88.3 Å². The predicted molar refractivity (Wildman–Crippen MR) is 189 cm³/mol. The third kappa shape index (κ3) is 14.5. The number of nitrogens with one attached hydrogen (secondary N) is 3. The number of ketones is 1. The lowest BCUT2D eigenvalue weighted by atomic mass is 10.1. The SMILES string of the molecule is COC(=O)[C@H](CCC(=O)CCCOCCCC(=O)OC(C)(C)C)NC(=O)c1ccc(N(Cc2cnc3nc(NC(=O)C(F)(F)F)[nH]c(=O)c3n2)C(=O)C(F)(F)F)cc1. The van der Waals surface area contributed by atoms with Crippen molar-refractivity contribution in [2.45, 2.75) is 89.8 Å². The van der Waals surface area contributed by atoms with E-state index in [-0.39, 0.29) is 61.1 Å². The van der Waals surface area contributed by atoms with Crippen molar-refractivity contribution in [1.29, 1.82) is 0 Å². The van der Waals surface area contributed by atoms with E-state index in [1.165, 1.54) is 5.32 Å². The summed E-state index contributed by atoms with van der Waals surface area (Å²) in [7, 11) is 1.06. The quantitative estimate of drug-likeness (QED) is 0.0942. The Bertz CT molecular complexity index is 2030. The maximum absolute atomic E-state index is 13.7. The maximum atomic E-state index is 13.7. The molecule has 1 atom stereocenters. The van der Waals surface area contributed by atoms with E-state index in [4.69, 9.17) is 14.2 Å². The molecule has 0 aliphatic rings. The summed E-state index contributed by atoms with van der Waals surface area (Å²) in [5.74, 6) is -8.12. The number of benzene rings is 1. The lowest BCUT2D eigenvalue weighted by Crippen LogP contribution is -2.42. The van der Waals surface area contributed by atoms with Crippen molar-refractivity contribution in [3.8, 4) is 0 Å². The van der Waals surface area contributed by atoms with Gasteiger partial charge in [-0.25, -0.2) is 14.8 Å². The largest absolute Gasteiger partial charge is 0.471 e. The molecule has 0 bridgehead atoms. The molecule has 0 saturated carbocycles. The van der Waals surface area contributed by atoms with Crippen LogP contribution in [-0.2, 0) is 44.7 Å². The molecule has 0 spiro atoms. The van der Waals surface area contributed by atoms with E-state index in [0.29, 0.717) is 12.8 Å². The fourth-order valence-electron chi connectivity index (χ4n) is 4.90. The van der Waals surface area contributed by atoms with Crippen LogP contribution in [0, 0.1) is 0 Å². The molecule has 0 aliphatic carbocycles. The minimum atomic E-state index is -5.42. The van der Waals surface area contributed by atoms with Gasteiger partial charge in [-0.2, -0.15) is 31.3 Å². The Kier molecular flexibility index (Phi) is 15.9. The third-order valence-corrected chi connectivity index (χ3v) is 7.54. The zero-order chi connectivity index (χ0) is 43.4. The number of ether oxygens (including phenoxy) is 3. The number of carbonyl (C=O) groups is 6. The van der Waals surface area contributed by atoms with Gasteiger partial charge in [0.05, 0.1) is 25.5 Å². The lowest BCUT2D eigenvalue weighted by Gasteiger charge is -2.24. The Balaban J connectivity index is 1.63. The number of amides is 3. The standard InChI is InChI=1S/C35H39F6N7O10/c1-33(2,3)58-24(50)8-6-16-57-15-5-7-22(49)13-14-23(29(53)56-4)44-27(51)19-9-11-21(12-10-19)48(31(55)35(39,40)41)18-20-17-42-26-25(43-20)28(52)46-32(45-26)47-30(54)34(36,37)38/h9-12,17,23H,5-8,13-16,18H2,1-4H3,(H,44,51)(H2,42,45,46,47,52,54)/t23-/m0/s1. The first-order valence-electron chi connectivity index (χ1n) is 17.3. The van der Waals surface area contributed by atoms with Crippen molar-refractivity contribution in [3.63, 3.8) is 0 Å². The molecule has 0 aliphatic heterocycles. The summed E-state index contributed by atoms with van der Waals surface area (Å²) in [6.07, 6.45) is -9.14. The lowest BCUT2D eigenvalue weighted by molar-refractivity contribution is -0.170. The summed E-state index contributed by atoms with van der Waals surface area (Å²) in [5, 5.41) is 3.73. The molecule has 2 heterocycles. The number of nitrogens with zero attached hydrogens (tertiary/aromatic N) is 4. The Morgan fingerprint density at radius 2 is 1.52 bits per heavy atom. The van der Waals surface area contributed by atoms with Crippen molar-refractivity contribution in [2.24, 2.45) is 0 Å². The van der Waals surface area contributed by atoms with Gasteiger partial charge in [-0.3, -0.25) is 44.0 Å². The zero-order valence-electron chi connectivity index (χ0n) is 31.5. The number of fused-ring (bicyclic) bond motifs is 1. The highest BCUT2D eigenvalue weighted by atomic mass is 19.4. The van der Waals surface area contributed by atoms with Gasteiger partial charge in [0.25, 0.3) is 11.5 Å². The number of esters is 2. The number of aromatic nitrogens is 4. The van der Waals surface area contributed by atoms with Crippen molar-refractivity contribution in [3.05, 3.63) is 52.1 Å². The van der Waals surface area contributed by atoms with Gasteiger partial charge in [0.1, 0.15) is 17.4 Å². The molecular formula is C35H39F6N7O10. The number of hydrogen-bond donors (Lipinski definition) is 3. The van der Waals surface area contributed by atoms with Crippen LogP contribution < -0.4 is 21.1 Å². The monoisotopic (exact) mass is 831 g/mol. The number of alkyl halides is 6. The van der Waals surface area contributed by atoms with Gasteiger partial charge in [-0.05, 0) is 64.3 Å². The molecule has 17 nitrogen and oxygen atoms in total. The average molecular weight is 832 g/mol. The Hall–Kier alpha value is -6.00. The van der Waals surface area contributed by atoms with E-state index in [1.807, 2.05) is 4.98 Å². The van der Waals surface area contributed by atoms with Crippen molar-refractivity contribution in [2.75, 3.05) is 30.5 Å². The van der Waals surface area contributed by atoms with Crippen LogP contribution in [0.4, 0.5) is 38.0 Å². The van der Waals surface area contributed by atoms with Crippen molar-refractivity contribution in [1.82, 2.24) is 25.3 Å². The molecule has 0 fully saturated rings. The number of anilines is 2. The summed E-state index contributed by atoms with van der Waals surface area (Å²) in [4.78, 5) is 98.9. The summed E-state index contributed by atoms with van der Waals surface area (Å²) in [6, 6.07) is 2.77. The first-order valence-corrected chi connectivity index (χ1v) is 17.3. The van der Waals surface area contributed by atoms with Crippen LogP contribution in [0.25, 0.3) is 11.2 Å². The van der Waals surface area contributed by atoms with Crippen molar-refractivity contribution >= 4 is 58.2 Å². The Labute approximate surface area is 325 Å². The molecule has 3 amide bonds. The fourth-order valence-corrected chi connectivity index (χ4v) is 4.90. The Morgan fingerprint density at radius 3 is 2.10 bits per heavy atom. The average Bonchev–Trinajstić information content (AvgIpc) is 3.13. The van der Waals surface area contributed by atoms with Gasteiger partial charge in [-0.1, -0.05) is 0 Å². The predicted octanol–water partition coefficient (Wildman–Crippen LogP) is 3.85. The topological polar surface area (TPSA) is 229 Å². The van der Waals surface area contributed by atoms with Crippen LogP contribution in [-0.4, -0.2) is 99.7 Å². The van der Waals surface area contributed by atoms with E-state index >= 15 is 0 Å². The van der Waals surface area contributed by atoms with Crippen LogP contribution in [0.3, 0.4) is 0 Å². The van der Waals surface area contributed by atoms with Crippen LogP contribution in [0.5, 0.6) is 0 Å². The Morgan fingerprint density at radius 1 is 0.879 bits per heavy atom. The van der Waals surface area contributed by atoms with E-state index in [1.54, 1.807) is 20.8 Å². The molecule has 3 rings (SSSR count). The molecule has 3 N–H and O–H groups in total. The van der Waals surface area contributed by atoms with Crippen LogP contribution in [0.15, 0.2) is 35.3 Å². The first-order chi connectivity index (χ1) is 27.0. The van der Waals surface area contributed by atoms with Gasteiger partial charge < -0.3 is 19.5 Å². The van der Waals surface area contributed by atoms with Crippen LogP contribution >= 0.6 is 0 Å². The molecule has 316 valence electrons. The second-order valence-electron chi connectivity index (χ2n) is 13.4. The molecule has 23 heteroatoms. The van der Waals surface area contributed by atoms with Gasteiger partial charge in [-0.15, -0.1) is 0 Å². The highest BCUT2D eigenvalue weighted by Crippen LogP contribution is 2.26. The van der Waals surface area contributed by atoms with Crippen molar-refractivity contribution < 1.29 is 69.3 Å². The van der Waals surface area contributed by atoms with Gasteiger partial charge in [0.15, 0.2) is 11.2 Å². The van der Waals surface area contributed by atoms with Gasteiger partial charge in [0.2, 0.25) is 5.95 Å². The molecule has 2 aromatic heterocycles. The summed E-state index contributed by atoms with van der Waals surface area (Å²) in [5.41, 5.74) is -4.00. The molecule has 0 unspecified atom stereocenters. The zero-order valence-corrected chi connectivity index (χ0v) is 31.5. The number of methoxy groups -OCH3 is 1. The summed E-state index contributed by atoms with van der Waals surface area (Å²) < 4.78 is 94.2. The molecule has 0 saturated heterocycles. The molecule has 1 aromatic carbocycles. The second-order valence-corrected chi connectivity index (χ2v) is 13.4. The minimum Gasteiger partial charge on any atom is -0.467 e. The molecule has 3 aromatic rings.